The summed E-state index contributed by atoms with van der Waals surface area (Å²) in [6, 6.07) is 0. The monoisotopic (exact) mass is 443 g/mol. The van der Waals surface area contributed by atoms with Gasteiger partial charge in [-0.1, -0.05) is 27.7 Å². The van der Waals surface area contributed by atoms with Crippen molar-refractivity contribution in [2.45, 2.75) is 54.1 Å². The highest BCUT2D eigenvalue weighted by Gasteiger charge is 2.12. The zero-order chi connectivity index (χ0) is 16.8. The average molecular weight is 443 g/mol. The minimum atomic E-state index is 0. The number of nitrogens with zero attached hydrogens (tertiary/aromatic N) is 1. The molecule has 1 unspecified atom stereocenters. The molecule has 0 aromatic carbocycles. The van der Waals surface area contributed by atoms with Crippen LogP contribution in [0.4, 0.5) is 0 Å². The van der Waals surface area contributed by atoms with Crippen LogP contribution in [0.2, 0.25) is 0 Å². The smallest absolute Gasteiger partial charge is 0.191 e. The van der Waals surface area contributed by atoms with Crippen LogP contribution in [0.1, 0.15) is 48.0 Å². The number of hydrogen-bond acceptors (Lipinski definition) is 3. The van der Waals surface area contributed by atoms with Crippen LogP contribution >= 0.6 is 24.0 Å². The zero-order valence-corrected chi connectivity index (χ0v) is 18.2. The molecule has 6 heteroatoms. The molecule has 0 fully saturated rings. The number of halogens is 1. The lowest BCUT2D eigenvalue weighted by Gasteiger charge is -2.20. The molecule has 0 amide bonds. The summed E-state index contributed by atoms with van der Waals surface area (Å²) < 4.78 is 11.3. The van der Waals surface area contributed by atoms with Crippen molar-refractivity contribution >= 4 is 29.9 Å². The zero-order valence-electron chi connectivity index (χ0n) is 15.9. The van der Waals surface area contributed by atoms with E-state index in [0.29, 0.717) is 18.4 Å². The Hall–Kier alpha value is -0.0800. The van der Waals surface area contributed by atoms with Crippen molar-refractivity contribution in [2.75, 3.05) is 39.5 Å². The van der Waals surface area contributed by atoms with Crippen molar-refractivity contribution in [3.63, 3.8) is 0 Å². The highest BCUT2D eigenvalue weighted by atomic mass is 127. The Kier molecular flexibility index (Phi) is 18.3. The quantitative estimate of drug-likeness (QED) is 0.210. The molecule has 0 saturated carbocycles. The van der Waals surface area contributed by atoms with Crippen molar-refractivity contribution in [1.29, 1.82) is 0 Å². The molecular formula is C17H38IN3O2. The second kappa shape index (κ2) is 16.8. The van der Waals surface area contributed by atoms with Gasteiger partial charge in [0.05, 0.1) is 12.7 Å². The fourth-order valence-corrected chi connectivity index (χ4v) is 2.03. The van der Waals surface area contributed by atoms with E-state index >= 15 is 0 Å². The fraction of sp³-hybridized carbons (Fsp3) is 0.941. The molecule has 0 spiro atoms. The maximum Gasteiger partial charge on any atom is 0.191 e. The molecular weight excluding hydrogens is 405 g/mol. The van der Waals surface area contributed by atoms with Gasteiger partial charge in [-0.05, 0) is 32.1 Å². The highest BCUT2D eigenvalue weighted by molar-refractivity contribution is 14.0. The maximum absolute atomic E-state index is 5.75. The van der Waals surface area contributed by atoms with E-state index in [-0.39, 0.29) is 30.1 Å². The van der Waals surface area contributed by atoms with E-state index in [0.717, 1.165) is 45.2 Å². The summed E-state index contributed by atoms with van der Waals surface area (Å²) in [5, 5.41) is 6.56. The van der Waals surface area contributed by atoms with E-state index in [1.807, 2.05) is 6.92 Å². The summed E-state index contributed by atoms with van der Waals surface area (Å²) in [7, 11) is 0. The van der Waals surface area contributed by atoms with Gasteiger partial charge in [-0.25, -0.2) is 0 Å². The minimum Gasteiger partial charge on any atom is -0.379 e. The summed E-state index contributed by atoms with van der Waals surface area (Å²) in [5.41, 5.74) is 0. The Morgan fingerprint density at radius 3 is 2.30 bits per heavy atom. The number of nitrogens with one attached hydrogen (secondary N) is 2. The number of ether oxygens (including phenoxy) is 2. The molecule has 0 rings (SSSR count). The predicted octanol–water partition coefficient (Wildman–Crippen LogP) is 3.28. The lowest BCUT2D eigenvalue weighted by Crippen LogP contribution is -2.39. The van der Waals surface area contributed by atoms with E-state index in [4.69, 9.17) is 9.47 Å². The van der Waals surface area contributed by atoms with E-state index in [9.17, 15) is 0 Å². The summed E-state index contributed by atoms with van der Waals surface area (Å²) >= 11 is 0. The second-order valence-electron chi connectivity index (χ2n) is 6.18. The van der Waals surface area contributed by atoms with Gasteiger partial charge >= 0.3 is 0 Å². The van der Waals surface area contributed by atoms with Crippen LogP contribution in [-0.2, 0) is 9.47 Å². The predicted molar refractivity (Wildman–Crippen MR) is 110 cm³/mol. The summed E-state index contributed by atoms with van der Waals surface area (Å²) in [6.07, 6.45) is 1.23. The topological polar surface area (TPSA) is 54.9 Å². The number of aliphatic imine (C=N–C) groups is 1. The van der Waals surface area contributed by atoms with Gasteiger partial charge in [0.1, 0.15) is 0 Å². The van der Waals surface area contributed by atoms with Crippen LogP contribution in [-0.4, -0.2) is 51.5 Å². The lowest BCUT2D eigenvalue weighted by molar-refractivity contribution is 0.0266. The summed E-state index contributed by atoms with van der Waals surface area (Å²) in [4.78, 5) is 4.61. The maximum atomic E-state index is 5.75. The molecule has 0 heterocycles. The van der Waals surface area contributed by atoms with E-state index < -0.39 is 0 Å². The summed E-state index contributed by atoms with van der Waals surface area (Å²) in [5.74, 6) is 1.96. The largest absolute Gasteiger partial charge is 0.379 e. The molecule has 0 aliphatic rings. The molecule has 0 aliphatic heterocycles. The standard InChI is InChI=1S/C17H37N3O2.HI/c1-7-18-17(20-11-12-21-13-14(3)4)19-10-9-16(15(5)6)22-8-2;/h14-16H,7-13H2,1-6H3,(H2,18,19,20);1H. The Balaban J connectivity index is 0. The molecule has 0 radical (unpaired) electrons. The van der Waals surface area contributed by atoms with Crippen LogP contribution in [0.5, 0.6) is 0 Å². The molecule has 0 bridgehead atoms. The number of guanidine groups is 1. The van der Waals surface area contributed by atoms with Crippen molar-refractivity contribution in [3.05, 3.63) is 0 Å². The van der Waals surface area contributed by atoms with Crippen molar-refractivity contribution in [1.82, 2.24) is 10.6 Å². The van der Waals surface area contributed by atoms with E-state index in [1.165, 1.54) is 0 Å². The SMILES string of the molecule is CCNC(=NCCC(OCC)C(C)C)NCCOCC(C)C.I. The summed E-state index contributed by atoms with van der Waals surface area (Å²) in [6.45, 7) is 17.5. The molecule has 2 N–H and O–H groups in total. The Morgan fingerprint density at radius 1 is 1.09 bits per heavy atom. The molecule has 0 aromatic heterocycles. The van der Waals surface area contributed by atoms with Crippen LogP contribution in [0.3, 0.4) is 0 Å². The first-order valence-electron chi connectivity index (χ1n) is 8.72. The molecule has 5 nitrogen and oxygen atoms in total. The van der Waals surface area contributed by atoms with Gasteiger partial charge in [-0.15, -0.1) is 24.0 Å². The van der Waals surface area contributed by atoms with Crippen molar-refractivity contribution in [3.8, 4) is 0 Å². The van der Waals surface area contributed by atoms with E-state index in [2.05, 4.69) is 50.2 Å². The van der Waals surface area contributed by atoms with Crippen LogP contribution < -0.4 is 10.6 Å². The third kappa shape index (κ3) is 15.2. The van der Waals surface area contributed by atoms with Gasteiger partial charge in [0, 0.05) is 32.8 Å². The van der Waals surface area contributed by atoms with Crippen molar-refractivity contribution in [2.24, 2.45) is 16.8 Å². The van der Waals surface area contributed by atoms with Crippen LogP contribution in [0, 0.1) is 11.8 Å². The lowest BCUT2D eigenvalue weighted by atomic mass is 10.0. The normalized spacial score (nSPS) is 13.1. The van der Waals surface area contributed by atoms with Crippen LogP contribution in [0.15, 0.2) is 4.99 Å². The molecule has 1 atom stereocenters. The molecule has 0 aliphatic carbocycles. The highest BCUT2D eigenvalue weighted by Crippen LogP contribution is 2.10. The average Bonchev–Trinajstić information content (AvgIpc) is 2.45. The minimum absolute atomic E-state index is 0. The first kappa shape index (κ1) is 25.2. The van der Waals surface area contributed by atoms with Gasteiger partial charge in [-0.3, -0.25) is 4.99 Å². The second-order valence-corrected chi connectivity index (χ2v) is 6.18. The van der Waals surface area contributed by atoms with Crippen molar-refractivity contribution < 1.29 is 9.47 Å². The number of rotatable bonds is 12. The van der Waals surface area contributed by atoms with Gasteiger partial charge < -0.3 is 20.1 Å². The molecule has 0 aromatic rings. The van der Waals surface area contributed by atoms with Gasteiger partial charge in [-0.2, -0.15) is 0 Å². The fourth-order valence-electron chi connectivity index (χ4n) is 2.03. The van der Waals surface area contributed by atoms with Gasteiger partial charge in [0.15, 0.2) is 5.96 Å². The third-order valence-electron chi connectivity index (χ3n) is 3.14. The van der Waals surface area contributed by atoms with Gasteiger partial charge in [0.2, 0.25) is 0 Å². The Bertz CT molecular complexity index is 287. The molecule has 23 heavy (non-hydrogen) atoms. The first-order valence-corrected chi connectivity index (χ1v) is 8.72. The Labute approximate surface area is 160 Å². The Morgan fingerprint density at radius 2 is 1.78 bits per heavy atom. The molecule has 0 saturated heterocycles. The third-order valence-corrected chi connectivity index (χ3v) is 3.14. The first-order chi connectivity index (χ1) is 10.5. The number of hydrogen-bond donors (Lipinski definition) is 2. The van der Waals surface area contributed by atoms with E-state index in [1.54, 1.807) is 0 Å². The van der Waals surface area contributed by atoms with Gasteiger partial charge in [0.25, 0.3) is 0 Å². The molecule has 140 valence electrons. The van der Waals surface area contributed by atoms with Crippen LogP contribution in [0.25, 0.3) is 0 Å².